The number of likely N-dealkylation sites (N-methyl/N-ethyl adjacent to an activating group) is 1. The summed E-state index contributed by atoms with van der Waals surface area (Å²) in [5, 5.41) is 0. The highest BCUT2D eigenvalue weighted by Gasteiger charge is 2.27. The SMILES string of the molecule is CC/C=C/C/C=C/C/C=C/C/C=C/C/C=C/CCCCCC(=O)OC[C@H](COP(=O)(O)OCC[N+](C)(C)C)OC(=O)CCCCCCCCC/C=C/CCCCCCCC. The maximum absolute atomic E-state index is 12.7. The van der Waals surface area contributed by atoms with Gasteiger partial charge in [-0.15, -0.1) is 0 Å². The van der Waals surface area contributed by atoms with Gasteiger partial charge in [0.15, 0.2) is 6.10 Å². The minimum Gasteiger partial charge on any atom is -0.462 e. The lowest BCUT2D eigenvalue weighted by molar-refractivity contribution is -0.870. The first-order valence-corrected chi connectivity index (χ1v) is 25.2. The molecule has 2 atom stereocenters. The van der Waals surface area contributed by atoms with Crippen LogP contribution in [0.3, 0.4) is 0 Å². The van der Waals surface area contributed by atoms with Crippen LogP contribution in [0.25, 0.3) is 0 Å². The Morgan fingerprint density at radius 1 is 0.533 bits per heavy atom. The van der Waals surface area contributed by atoms with Crippen molar-refractivity contribution in [2.24, 2.45) is 0 Å². The lowest BCUT2D eigenvalue weighted by Gasteiger charge is -2.24. The van der Waals surface area contributed by atoms with Crippen LogP contribution in [0, 0.1) is 0 Å². The number of nitrogens with zero attached hydrogens (tertiary/aromatic N) is 1. The maximum atomic E-state index is 12.7. The number of quaternary nitrogens is 1. The van der Waals surface area contributed by atoms with Gasteiger partial charge >= 0.3 is 19.8 Å². The molecule has 0 aromatic carbocycles. The number of allylic oxidation sites excluding steroid dienone is 12. The topological polar surface area (TPSA) is 108 Å². The Balaban J connectivity index is 4.39. The van der Waals surface area contributed by atoms with E-state index in [1.54, 1.807) is 0 Å². The zero-order chi connectivity index (χ0) is 44.3. The molecule has 0 bridgehead atoms. The first-order valence-electron chi connectivity index (χ1n) is 23.7. The number of carbonyl (C=O) groups excluding carboxylic acids is 2. The molecular weight excluding hydrogens is 774 g/mol. The van der Waals surface area contributed by atoms with Crippen LogP contribution in [-0.2, 0) is 32.7 Å². The Hall–Kier alpha value is -2.55. The number of hydrogen-bond donors (Lipinski definition) is 1. The van der Waals surface area contributed by atoms with Crippen LogP contribution in [0.4, 0.5) is 0 Å². The van der Waals surface area contributed by atoms with E-state index in [1.165, 1.54) is 64.2 Å². The number of ether oxygens (including phenoxy) is 2. The number of carbonyl (C=O) groups is 2. The molecule has 0 heterocycles. The Labute approximate surface area is 368 Å². The van der Waals surface area contributed by atoms with Crippen molar-refractivity contribution < 1.29 is 42.1 Å². The third-order valence-electron chi connectivity index (χ3n) is 9.72. The van der Waals surface area contributed by atoms with Crippen molar-refractivity contribution in [2.75, 3.05) is 47.5 Å². The van der Waals surface area contributed by atoms with E-state index in [-0.39, 0.29) is 26.1 Å². The van der Waals surface area contributed by atoms with Crippen molar-refractivity contribution in [2.45, 2.75) is 187 Å². The van der Waals surface area contributed by atoms with Gasteiger partial charge in [-0.05, 0) is 83.5 Å². The van der Waals surface area contributed by atoms with Crippen LogP contribution >= 0.6 is 7.82 Å². The van der Waals surface area contributed by atoms with Gasteiger partial charge in [-0.3, -0.25) is 18.6 Å². The molecule has 0 rings (SSSR count). The molecule has 10 heteroatoms. The van der Waals surface area contributed by atoms with E-state index in [1.807, 2.05) is 21.1 Å². The summed E-state index contributed by atoms with van der Waals surface area (Å²) in [6, 6.07) is 0. The zero-order valence-electron chi connectivity index (χ0n) is 38.9. The third-order valence-corrected chi connectivity index (χ3v) is 10.7. The summed E-state index contributed by atoms with van der Waals surface area (Å²) < 4.78 is 34.3. The lowest BCUT2D eigenvalue weighted by atomic mass is 10.1. The predicted molar refractivity (Wildman–Crippen MR) is 252 cm³/mol. The average Bonchev–Trinajstić information content (AvgIpc) is 3.20. The van der Waals surface area contributed by atoms with Gasteiger partial charge in [0.05, 0.1) is 27.7 Å². The lowest BCUT2D eigenvalue weighted by Crippen LogP contribution is -2.37. The normalized spacial score (nSPS) is 14.2. The summed E-state index contributed by atoms with van der Waals surface area (Å²) in [4.78, 5) is 35.5. The molecule has 346 valence electrons. The number of phosphoric acid groups is 1. The van der Waals surface area contributed by atoms with Gasteiger partial charge in [0.1, 0.15) is 19.8 Å². The number of hydrogen-bond acceptors (Lipinski definition) is 7. The quantitative estimate of drug-likeness (QED) is 0.0212. The summed E-state index contributed by atoms with van der Waals surface area (Å²) >= 11 is 0. The molecule has 0 saturated carbocycles. The number of unbranched alkanes of at least 4 members (excludes halogenated alkanes) is 16. The largest absolute Gasteiger partial charge is 0.472 e. The van der Waals surface area contributed by atoms with Gasteiger partial charge < -0.3 is 18.9 Å². The molecule has 9 nitrogen and oxygen atoms in total. The minimum atomic E-state index is -4.39. The van der Waals surface area contributed by atoms with Crippen LogP contribution in [0.2, 0.25) is 0 Å². The molecule has 0 aliphatic carbocycles. The fourth-order valence-electron chi connectivity index (χ4n) is 6.03. The molecule has 0 amide bonds. The van der Waals surface area contributed by atoms with Crippen molar-refractivity contribution in [1.82, 2.24) is 0 Å². The molecule has 0 saturated heterocycles. The Kier molecular flexibility index (Phi) is 40.0. The van der Waals surface area contributed by atoms with Crippen LogP contribution < -0.4 is 0 Å². The van der Waals surface area contributed by atoms with E-state index >= 15 is 0 Å². The number of rotatable bonds is 42. The number of esters is 2. The fourth-order valence-corrected chi connectivity index (χ4v) is 6.78. The molecule has 60 heavy (non-hydrogen) atoms. The van der Waals surface area contributed by atoms with Gasteiger partial charge in [-0.2, -0.15) is 0 Å². The second kappa shape index (κ2) is 41.8. The highest BCUT2D eigenvalue weighted by Crippen LogP contribution is 2.43. The molecule has 0 aromatic rings. The van der Waals surface area contributed by atoms with Crippen molar-refractivity contribution in [3.05, 3.63) is 72.9 Å². The minimum absolute atomic E-state index is 0.0220. The van der Waals surface area contributed by atoms with Gasteiger partial charge in [0.2, 0.25) is 0 Å². The monoisotopic (exact) mass is 863 g/mol. The second-order valence-electron chi connectivity index (χ2n) is 16.8. The van der Waals surface area contributed by atoms with Gasteiger partial charge in [-0.1, -0.05) is 157 Å². The molecule has 0 fully saturated rings. The van der Waals surface area contributed by atoms with E-state index < -0.39 is 32.5 Å². The first kappa shape index (κ1) is 57.4. The smallest absolute Gasteiger partial charge is 0.462 e. The van der Waals surface area contributed by atoms with E-state index in [9.17, 15) is 19.0 Å². The fraction of sp³-hybridized carbons (Fsp3) is 0.720. The summed E-state index contributed by atoms with van der Waals surface area (Å²) in [6.45, 7) is 4.26. The van der Waals surface area contributed by atoms with Crippen molar-refractivity contribution in [1.29, 1.82) is 0 Å². The molecule has 0 aliphatic rings. The summed E-state index contributed by atoms with van der Waals surface area (Å²) in [7, 11) is 1.44. The highest BCUT2D eigenvalue weighted by molar-refractivity contribution is 7.47. The summed E-state index contributed by atoms with van der Waals surface area (Å²) in [5.74, 6) is -0.845. The molecule has 0 spiro atoms. The molecular formula is C50H89NO8P+. The van der Waals surface area contributed by atoms with Gasteiger partial charge in [-0.25, -0.2) is 4.57 Å². The van der Waals surface area contributed by atoms with Crippen molar-refractivity contribution in [3.63, 3.8) is 0 Å². The Morgan fingerprint density at radius 2 is 0.950 bits per heavy atom. The van der Waals surface area contributed by atoms with E-state index in [2.05, 4.69) is 86.8 Å². The molecule has 0 aliphatic heterocycles. The van der Waals surface area contributed by atoms with E-state index in [4.69, 9.17) is 18.5 Å². The van der Waals surface area contributed by atoms with Crippen molar-refractivity contribution >= 4 is 19.8 Å². The summed E-state index contributed by atoms with van der Waals surface area (Å²) in [5.41, 5.74) is 0. The Bertz CT molecular complexity index is 1250. The predicted octanol–water partition coefficient (Wildman–Crippen LogP) is 13.8. The molecule has 0 radical (unpaired) electrons. The standard InChI is InChI=1S/C50H88NO8P/c1-6-8-10-12-14-16-18-20-22-24-25-27-28-30-32-34-36-38-40-42-49(52)56-46-48(47-58-60(54,55)57-45-44-51(3,4)5)59-50(53)43-41-39-37-35-33-31-29-26-23-21-19-17-15-13-11-9-7-2/h8,10,14,16,20-23,25,27,30,32,48H,6-7,9,11-13,15,17-19,24,26,28-29,31,33-47H2,1-5H3/p+1/b10-8+,16-14+,22-20+,23-21+,27-25+,32-30+/t48-/m1/s1. The molecule has 0 aromatic heterocycles. The van der Waals surface area contributed by atoms with Crippen LogP contribution in [0.1, 0.15) is 181 Å². The van der Waals surface area contributed by atoms with Crippen LogP contribution in [-0.4, -0.2) is 74.9 Å². The highest BCUT2D eigenvalue weighted by atomic mass is 31.2. The molecule has 1 N–H and O–H groups in total. The molecule has 1 unspecified atom stereocenters. The number of phosphoric ester groups is 1. The summed E-state index contributed by atoms with van der Waals surface area (Å²) in [6.07, 6.45) is 52.3. The van der Waals surface area contributed by atoms with E-state index in [0.717, 1.165) is 77.0 Å². The average molecular weight is 863 g/mol. The third kappa shape index (κ3) is 45.0. The zero-order valence-corrected chi connectivity index (χ0v) is 39.8. The second-order valence-corrected chi connectivity index (χ2v) is 18.2. The van der Waals surface area contributed by atoms with Crippen LogP contribution in [0.15, 0.2) is 72.9 Å². The van der Waals surface area contributed by atoms with E-state index in [0.29, 0.717) is 23.9 Å². The van der Waals surface area contributed by atoms with Gasteiger partial charge in [0, 0.05) is 12.8 Å². The Morgan fingerprint density at radius 3 is 1.45 bits per heavy atom. The van der Waals surface area contributed by atoms with Gasteiger partial charge in [0.25, 0.3) is 0 Å². The maximum Gasteiger partial charge on any atom is 0.472 e. The van der Waals surface area contributed by atoms with Crippen LogP contribution in [0.5, 0.6) is 0 Å². The van der Waals surface area contributed by atoms with Crippen molar-refractivity contribution in [3.8, 4) is 0 Å². The first-order chi connectivity index (χ1) is 29.0.